The van der Waals surface area contributed by atoms with Gasteiger partial charge in [0.05, 0.1) is 6.54 Å². The highest BCUT2D eigenvalue weighted by Crippen LogP contribution is 2.33. The summed E-state index contributed by atoms with van der Waals surface area (Å²) in [6.45, 7) is 5.61. The Morgan fingerprint density at radius 1 is 0.946 bits per heavy atom. The molecule has 0 bridgehead atoms. The van der Waals surface area contributed by atoms with E-state index in [0.717, 1.165) is 38.3 Å². The van der Waals surface area contributed by atoms with Crippen molar-refractivity contribution < 1.29 is 17.6 Å². The first-order valence-corrected chi connectivity index (χ1v) is 12.1. The molecule has 0 aromatic carbocycles. The maximum absolute atomic E-state index is 13.6. The highest BCUT2D eigenvalue weighted by Gasteiger charge is 2.38. The second-order valence-electron chi connectivity index (χ2n) is 9.57. The number of alkyl halides is 4. The maximum atomic E-state index is 13.6. The number of hydrogen-bond acceptors (Lipinski definition) is 7. The Kier molecular flexibility index (Phi) is 5.50. The summed E-state index contributed by atoms with van der Waals surface area (Å²) in [6, 6.07) is 5.88. The Bertz CT molecular complexity index is 1480. The molecule has 2 aliphatic rings. The minimum atomic E-state index is -4.66. The van der Waals surface area contributed by atoms with E-state index in [9.17, 15) is 17.6 Å². The number of pyridine rings is 2. The zero-order chi connectivity index (χ0) is 25.9. The molecule has 1 atom stereocenters. The number of aryl methyl sites for hydroxylation is 1. The molecule has 2 aliphatic heterocycles. The van der Waals surface area contributed by atoms with Crippen LogP contribution in [0.15, 0.2) is 30.6 Å². The van der Waals surface area contributed by atoms with Gasteiger partial charge in [-0.1, -0.05) is 0 Å². The van der Waals surface area contributed by atoms with E-state index in [4.69, 9.17) is 0 Å². The minimum absolute atomic E-state index is 0.0989. The summed E-state index contributed by atoms with van der Waals surface area (Å²) in [4.78, 5) is 13.1. The van der Waals surface area contributed by atoms with Crippen molar-refractivity contribution in [3.63, 3.8) is 0 Å². The summed E-state index contributed by atoms with van der Waals surface area (Å²) >= 11 is 0. The molecule has 12 heteroatoms. The van der Waals surface area contributed by atoms with Gasteiger partial charge < -0.3 is 9.80 Å². The third-order valence-corrected chi connectivity index (χ3v) is 7.20. The fourth-order valence-electron chi connectivity index (χ4n) is 5.03. The van der Waals surface area contributed by atoms with Gasteiger partial charge in [0.25, 0.3) is 5.82 Å². The number of anilines is 2. The van der Waals surface area contributed by atoms with Gasteiger partial charge in [0.2, 0.25) is 0 Å². The van der Waals surface area contributed by atoms with Crippen LogP contribution < -0.4 is 9.80 Å². The van der Waals surface area contributed by atoms with Crippen molar-refractivity contribution in [1.29, 1.82) is 0 Å². The van der Waals surface area contributed by atoms with E-state index in [-0.39, 0.29) is 5.65 Å². The molecule has 6 heterocycles. The van der Waals surface area contributed by atoms with Gasteiger partial charge in [-0.25, -0.2) is 9.37 Å². The zero-order valence-electron chi connectivity index (χ0n) is 20.3. The molecule has 0 radical (unpaired) electrons. The first-order valence-electron chi connectivity index (χ1n) is 12.1. The smallest absolute Gasteiger partial charge is 0.354 e. The van der Waals surface area contributed by atoms with Crippen molar-refractivity contribution in [2.75, 3.05) is 29.4 Å². The fraction of sp³-hybridized carbons (Fsp3) is 0.400. The molecule has 0 aliphatic carbocycles. The molecule has 6 rings (SSSR count). The van der Waals surface area contributed by atoms with Crippen molar-refractivity contribution in [2.45, 2.75) is 45.6 Å². The number of fused-ring (bicyclic) bond motifs is 2. The summed E-state index contributed by atoms with van der Waals surface area (Å²) in [5.41, 5.74) is 5.17. The Labute approximate surface area is 210 Å². The standard InChI is InChI=1S/C25H24F4N8/c1-14-15(2)23(34-37-22(14)32-33-24(37)25(27,28)29)36-8-6-20-18(12-36)9-17(11-30-20)16-3-4-21(31-10-16)35-7-5-19(26)13-35/h3-4,9-11,19H,5-8,12-13H2,1-2H3/t19-/m1/s1. The zero-order valence-corrected chi connectivity index (χ0v) is 20.3. The predicted molar refractivity (Wildman–Crippen MR) is 129 cm³/mol. The molecular weight excluding hydrogens is 488 g/mol. The number of halogens is 4. The largest absolute Gasteiger partial charge is 0.453 e. The summed E-state index contributed by atoms with van der Waals surface area (Å²) in [6.07, 6.45) is -0.751. The Morgan fingerprint density at radius 3 is 2.46 bits per heavy atom. The van der Waals surface area contributed by atoms with Crippen LogP contribution in [-0.2, 0) is 19.1 Å². The van der Waals surface area contributed by atoms with Crippen LogP contribution in [0.2, 0.25) is 0 Å². The molecule has 0 amide bonds. The molecule has 4 aromatic heterocycles. The van der Waals surface area contributed by atoms with E-state index in [1.54, 1.807) is 13.1 Å². The van der Waals surface area contributed by atoms with Gasteiger partial charge in [0.15, 0.2) is 11.5 Å². The van der Waals surface area contributed by atoms with E-state index < -0.39 is 18.2 Å². The second-order valence-corrected chi connectivity index (χ2v) is 9.57. The van der Waals surface area contributed by atoms with E-state index in [1.807, 2.05) is 41.1 Å². The molecular formula is C25H24F4N8. The summed E-state index contributed by atoms with van der Waals surface area (Å²) < 4.78 is 54.8. The molecule has 192 valence electrons. The summed E-state index contributed by atoms with van der Waals surface area (Å²) in [5.74, 6) is 0.0785. The van der Waals surface area contributed by atoms with E-state index in [0.29, 0.717) is 50.4 Å². The van der Waals surface area contributed by atoms with Crippen LogP contribution in [0, 0.1) is 13.8 Å². The second kappa shape index (κ2) is 8.63. The average molecular weight is 513 g/mol. The normalized spacial score (nSPS) is 18.1. The lowest BCUT2D eigenvalue weighted by molar-refractivity contribution is -0.146. The third kappa shape index (κ3) is 4.13. The van der Waals surface area contributed by atoms with Crippen LogP contribution in [-0.4, -0.2) is 55.6 Å². The first kappa shape index (κ1) is 23.6. The van der Waals surface area contributed by atoms with E-state index in [1.165, 1.54) is 0 Å². The van der Waals surface area contributed by atoms with Crippen LogP contribution in [0.4, 0.5) is 29.2 Å². The van der Waals surface area contributed by atoms with E-state index in [2.05, 4.69) is 25.3 Å². The van der Waals surface area contributed by atoms with Crippen LogP contribution >= 0.6 is 0 Å². The molecule has 1 saturated heterocycles. The minimum Gasteiger partial charge on any atom is -0.354 e. The summed E-state index contributed by atoms with van der Waals surface area (Å²) in [5, 5.41) is 11.4. The fourth-order valence-corrected chi connectivity index (χ4v) is 5.03. The van der Waals surface area contributed by atoms with Gasteiger partial charge >= 0.3 is 6.18 Å². The first-order chi connectivity index (χ1) is 17.7. The van der Waals surface area contributed by atoms with Gasteiger partial charge in [0.1, 0.15) is 12.0 Å². The lowest BCUT2D eigenvalue weighted by atomic mass is 10.0. The lowest BCUT2D eigenvalue weighted by Gasteiger charge is -2.31. The molecule has 4 aromatic rings. The predicted octanol–water partition coefficient (Wildman–Crippen LogP) is 4.33. The Morgan fingerprint density at radius 2 is 1.76 bits per heavy atom. The lowest BCUT2D eigenvalue weighted by Crippen LogP contribution is -2.33. The van der Waals surface area contributed by atoms with Crippen molar-refractivity contribution in [3.05, 3.63) is 58.8 Å². The van der Waals surface area contributed by atoms with Gasteiger partial charge in [-0.2, -0.15) is 17.7 Å². The highest BCUT2D eigenvalue weighted by atomic mass is 19.4. The van der Waals surface area contributed by atoms with Crippen molar-refractivity contribution in [1.82, 2.24) is 29.8 Å². The Balaban J connectivity index is 1.30. The average Bonchev–Trinajstić information content (AvgIpc) is 3.52. The Hall–Kier alpha value is -3.83. The molecule has 0 spiro atoms. The molecule has 8 nitrogen and oxygen atoms in total. The number of nitrogens with zero attached hydrogens (tertiary/aromatic N) is 8. The third-order valence-electron chi connectivity index (χ3n) is 7.20. The topological polar surface area (TPSA) is 75.3 Å². The van der Waals surface area contributed by atoms with Gasteiger partial charge in [-0.3, -0.25) is 4.98 Å². The van der Waals surface area contributed by atoms with Crippen LogP contribution in [0.1, 0.15) is 34.6 Å². The van der Waals surface area contributed by atoms with Gasteiger partial charge in [0, 0.05) is 66.4 Å². The molecule has 0 N–H and O–H groups in total. The molecule has 0 unspecified atom stereocenters. The highest BCUT2D eigenvalue weighted by molar-refractivity contribution is 5.65. The van der Waals surface area contributed by atoms with Gasteiger partial charge in [-0.05, 0) is 44.0 Å². The number of hydrogen-bond donors (Lipinski definition) is 0. The molecule has 1 fully saturated rings. The number of aromatic nitrogens is 6. The maximum Gasteiger partial charge on any atom is 0.453 e. The van der Waals surface area contributed by atoms with Crippen LogP contribution in [0.3, 0.4) is 0 Å². The SMILES string of the molecule is Cc1c(N2CCc3ncc(-c4ccc(N5CC[C@@H](F)C5)nc4)cc3C2)nn2c(C(F)(F)F)nnc2c1C. The van der Waals surface area contributed by atoms with Crippen LogP contribution in [0.25, 0.3) is 16.8 Å². The molecule has 37 heavy (non-hydrogen) atoms. The van der Waals surface area contributed by atoms with Crippen molar-refractivity contribution in [3.8, 4) is 11.1 Å². The van der Waals surface area contributed by atoms with Gasteiger partial charge in [-0.15, -0.1) is 15.3 Å². The van der Waals surface area contributed by atoms with E-state index >= 15 is 0 Å². The number of rotatable bonds is 3. The summed E-state index contributed by atoms with van der Waals surface area (Å²) in [7, 11) is 0. The molecule has 0 saturated carbocycles. The monoisotopic (exact) mass is 512 g/mol. The van der Waals surface area contributed by atoms with Crippen molar-refractivity contribution in [2.24, 2.45) is 0 Å². The van der Waals surface area contributed by atoms with Crippen LogP contribution in [0.5, 0.6) is 0 Å². The van der Waals surface area contributed by atoms with Crippen molar-refractivity contribution >= 4 is 17.3 Å². The quantitative estimate of drug-likeness (QED) is 0.379.